The Bertz CT molecular complexity index is 1170. The summed E-state index contributed by atoms with van der Waals surface area (Å²) in [6.07, 6.45) is 6.09. The summed E-state index contributed by atoms with van der Waals surface area (Å²) in [4.78, 5) is 11.4. The summed E-state index contributed by atoms with van der Waals surface area (Å²) < 4.78 is 13.5. The van der Waals surface area contributed by atoms with Gasteiger partial charge in [-0.25, -0.2) is 4.39 Å². The van der Waals surface area contributed by atoms with E-state index < -0.39 is 0 Å². The number of benzene rings is 2. The average molecular weight is 388 g/mol. The Kier molecular flexibility index (Phi) is 5.24. The normalized spacial score (nSPS) is 11.4. The maximum atomic E-state index is 13.5. The highest BCUT2D eigenvalue weighted by Crippen LogP contribution is 2.28. The summed E-state index contributed by atoms with van der Waals surface area (Å²) in [6.45, 7) is 2.83. The summed E-state index contributed by atoms with van der Waals surface area (Å²) in [5.41, 5.74) is 5.19. The molecule has 0 fully saturated rings. The zero-order valence-electron chi connectivity index (χ0n) is 16.0. The van der Waals surface area contributed by atoms with Gasteiger partial charge in [-0.3, -0.25) is 9.98 Å². The van der Waals surface area contributed by atoms with E-state index in [2.05, 4.69) is 26.3 Å². The number of aromatic amines is 1. The van der Waals surface area contributed by atoms with Crippen LogP contribution < -0.4 is 5.32 Å². The zero-order chi connectivity index (χ0) is 20.2. The van der Waals surface area contributed by atoms with Crippen molar-refractivity contribution in [2.75, 3.05) is 11.9 Å². The van der Waals surface area contributed by atoms with Crippen molar-refractivity contribution in [3.8, 4) is 5.88 Å². The van der Waals surface area contributed by atoms with Gasteiger partial charge < -0.3 is 15.4 Å². The number of aromatic nitrogens is 2. The van der Waals surface area contributed by atoms with Crippen molar-refractivity contribution < 1.29 is 9.50 Å². The van der Waals surface area contributed by atoms with E-state index in [0.29, 0.717) is 16.5 Å². The summed E-state index contributed by atoms with van der Waals surface area (Å²) >= 11 is 0. The highest BCUT2D eigenvalue weighted by Gasteiger charge is 2.09. The van der Waals surface area contributed by atoms with Crippen LogP contribution in [-0.2, 0) is 6.42 Å². The number of aromatic hydroxyl groups is 1. The smallest absolute Gasteiger partial charge is 0.198 e. The predicted octanol–water partition coefficient (Wildman–Crippen LogP) is 5.12. The van der Waals surface area contributed by atoms with Gasteiger partial charge in [0.25, 0.3) is 0 Å². The van der Waals surface area contributed by atoms with Gasteiger partial charge >= 0.3 is 0 Å². The lowest BCUT2D eigenvalue weighted by molar-refractivity contribution is 0.457. The van der Waals surface area contributed by atoms with Crippen LogP contribution in [0.2, 0.25) is 0 Å². The molecule has 4 aromatic rings. The Hall–Kier alpha value is -3.67. The van der Waals surface area contributed by atoms with Crippen molar-refractivity contribution in [3.63, 3.8) is 0 Å². The van der Waals surface area contributed by atoms with Gasteiger partial charge in [0.15, 0.2) is 5.88 Å². The number of halogens is 1. The number of aryl methyl sites for hydroxylation is 1. The fourth-order valence-corrected chi connectivity index (χ4v) is 3.25. The lowest BCUT2D eigenvalue weighted by atomic mass is 10.1. The van der Waals surface area contributed by atoms with Crippen LogP contribution in [0.5, 0.6) is 5.88 Å². The minimum atomic E-state index is -0.358. The number of hydrogen-bond acceptors (Lipinski definition) is 4. The molecule has 0 atom stereocenters. The topological polar surface area (TPSA) is 73.3 Å². The van der Waals surface area contributed by atoms with Crippen LogP contribution in [0.25, 0.3) is 10.9 Å². The summed E-state index contributed by atoms with van der Waals surface area (Å²) in [5, 5.41) is 14.1. The number of anilines is 1. The Morgan fingerprint density at radius 2 is 2.10 bits per heavy atom. The Labute approximate surface area is 168 Å². The van der Waals surface area contributed by atoms with Gasteiger partial charge in [0.2, 0.25) is 0 Å². The molecule has 0 radical (unpaired) electrons. The molecule has 0 aliphatic carbocycles. The van der Waals surface area contributed by atoms with Crippen molar-refractivity contribution in [2.24, 2.45) is 4.99 Å². The largest absolute Gasteiger partial charge is 0.494 e. The third-order valence-electron chi connectivity index (χ3n) is 4.78. The number of hydrogen-bond donors (Lipinski definition) is 3. The highest BCUT2D eigenvalue weighted by atomic mass is 19.1. The van der Waals surface area contributed by atoms with Gasteiger partial charge in [0, 0.05) is 41.7 Å². The standard InChI is InChI=1S/C23H21FN4O/c1-15-11-18(5-7-21(15)26-10-8-16-3-2-9-25-13-16)27-14-20-19-12-17(24)4-6-22(19)28-23(20)29/h2-7,9,11-14,26,28-29H,8,10H2,1H3. The molecule has 2 heterocycles. The van der Waals surface area contributed by atoms with Gasteiger partial charge in [-0.2, -0.15) is 0 Å². The summed E-state index contributed by atoms with van der Waals surface area (Å²) in [7, 11) is 0. The van der Waals surface area contributed by atoms with Crippen molar-refractivity contribution in [2.45, 2.75) is 13.3 Å². The van der Waals surface area contributed by atoms with Crippen LogP contribution in [0.1, 0.15) is 16.7 Å². The maximum Gasteiger partial charge on any atom is 0.198 e. The first-order chi connectivity index (χ1) is 14.1. The van der Waals surface area contributed by atoms with Crippen LogP contribution in [0.4, 0.5) is 15.8 Å². The van der Waals surface area contributed by atoms with Crippen LogP contribution in [0, 0.1) is 12.7 Å². The van der Waals surface area contributed by atoms with E-state index in [1.54, 1.807) is 18.5 Å². The number of rotatable bonds is 6. The first kappa shape index (κ1) is 18.7. The molecule has 5 nitrogen and oxygen atoms in total. The molecule has 4 rings (SSSR count). The molecule has 0 aliphatic heterocycles. The molecule has 0 amide bonds. The molecule has 0 bridgehead atoms. The number of pyridine rings is 1. The Morgan fingerprint density at radius 3 is 2.90 bits per heavy atom. The van der Waals surface area contributed by atoms with E-state index in [9.17, 15) is 9.50 Å². The van der Waals surface area contributed by atoms with Gasteiger partial charge in [-0.15, -0.1) is 0 Å². The Balaban J connectivity index is 1.47. The number of nitrogens with zero attached hydrogens (tertiary/aromatic N) is 2. The van der Waals surface area contributed by atoms with E-state index in [1.165, 1.54) is 17.7 Å². The van der Waals surface area contributed by atoms with Gasteiger partial charge in [0.05, 0.1) is 11.3 Å². The molecular formula is C23H21FN4O. The first-order valence-corrected chi connectivity index (χ1v) is 9.38. The molecule has 0 saturated carbocycles. The van der Waals surface area contributed by atoms with Gasteiger partial charge in [-0.1, -0.05) is 6.07 Å². The van der Waals surface area contributed by atoms with Crippen LogP contribution in [-0.4, -0.2) is 27.8 Å². The second-order valence-electron chi connectivity index (χ2n) is 6.87. The molecule has 2 aromatic carbocycles. The van der Waals surface area contributed by atoms with E-state index in [0.717, 1.165) is 29.9 Å². The maximum absolute atomic E-state index is 13.5. The highest BCUT2D eigenvalue weighted by molar-refractivity contribution is 6.02. The molecule has 146 valence electrons. The SMILES string of the molecule is Cc1cc(N=Cc2c(O)[nH]c3ccc(F)cc23)ccc1NCCc1cccnc1. The van der Waals surface area contributed by atoms with Crippen molar-refractivity contribution in [1.82, 2.24) is 9.97 Å². The van der Waals surface area contributed by atoms with Crippen molar-refractivity contribution in [1.29, 1.82) is 0 Å². The molecule has 29 heavy (non-hydrogen) atoms. The molecule has 0 saturated heterocycles. The lowest BCUT2D eigenvalue weighted by Crippen LogP contribution is -2.06. The molecule has 0 spiro atoms. The fraction of sp³-hybridized carbons (Fsp3) is 0.130. The summed E-state index contributed by atoms with van der Waals surface area (Å²) in [6, 6.07) is 14.2. The van der Waals surface area contributed by atoms with E-state index in [-0.39, 0.29) is 11.7 Å². The summed E-state index contributed by atoms with van der Waals surface area (Å²) in [5.74, 6) is -0.386. The number of H-pyrrole nitrogens is 1. The number of aliphatic imine (C=N–C) groups is 1. The lowest BCUT2D eigenvalue weighted by Gasteiger charge is -2.10. The quantitative estimate of drug-likeness (QED) is 0.401. The number of nitrogens with one attached hydrogen (secondary N) is 2. The van der Waals surface area contributed by atoms with Crippen LogP contribution in [0.3, 0.4) is 0 Å². The van der Waals surface area contributed by atoms with Gasteiger partial charge in [-0.05, 0) is 66.9 Å². The third-order valence-corrected chi connectivity index (χ3v) is 4.78. The fourth-order valence-electron chi connectivity index (χ4n) is 3.25. The zero-order valence-corrected chi connectivity index (χ0v) is 16.0. The van der Waals surface area contributed by atoms with Gasteiger partial charge in [0.1, 0.15) is 5.82 Å². The molecule has 0 aliphatic rings. The second-order valence-corrected chi connectivity index (χ2v) is 6.87. The molecule has 2 aromatic heterocycles. The predicted molar refractivity (Wildman–Crippen MR) is 115 cm³/mol. The Morgan fingerprint density at radius 1 is 1.21 bits per heavy atom. The van der Waals surface area contributed by atoms with E-state index in [4.69, 9.17) is 0 Å². The molecule has 6 heteroatoms. The molecular weight excluding hydrogens is 367 g/mol. The van der Waals surface area contributed by atoms with E-state index in [1.807, 2.05) is 37.4 Å². The van der Waals surface area contributed by atoms with E-state index >= 15 is 0 Å². The minimum absolute atomic E-state index is 0.0280. The average Bonchev–Trinajstić information content (AvgIpc) is 3.03. The number of fused-ring (bicyclic) bond motifs is 1. The monoisotopic (exact) mass is 388 g/mol. The van der Waals surface area contributed by atoms with Crippen molar-refractivity contribution in [3.05, 3.63) is 83.4 Å². The first-order valence-electron chi connectivity index (χ1n) is 9.38. The van der Waals surface area contributed by atoms with Crippen LogP contribution >= 0.6 is 0 Å². The third kappa shape index (κ3) is 4.27. The minimum Gasteiger partial charge on any atom is -0.494 e. The molecule has 0 unspecified atom stereocenters. The van der Waals surface area contributed by atoms with Crippen LogP contribution in [0.15, 0.2) is 65.9 Å². The second kappa shape index (κ2) is 8.14. The molecule has 3 N–H and O–H groups in total. The van der Waals surface area contributed by atoms with Crippen molar-refractivity contribution >= 4 is 28.5 Å².